The van der Waals surface area contributed by atoms with Crippen molar-refractivity contribution in [2.24, 2.45) is 46.3 Å². The second-order valence-electron chi connectivity index (χ2n) is 13.0. The molecule has 0 bridgehead atoms. The number of hydrogen-bond donors (Lipinski definition) is 4. The summed E-state index contributed by atoms with van der Waals surface area (Å²) in [6.45, 7) is 11.7. The van der Waals surface area contributed by atoms with Crippen LogP contribution in [0.3, 0.4) is 0 Å². The topological polar surface area (TPSA) is 80.9 Å². The predicted octanol–water partition coefficient (Wildman–Crippen LogP) is 4.53. The average Bonchev–Trinajstić information content (AvgIpc) is 3.05. The van der Waals surface area contributed by atoms with E-state index in [-0.39, 0.29) is 23.7 Å². The first-order chi connectivity index (χ1) is 14.5. The van der Waals surface area contributed by atoms with Crippen LogP contribution < -0.4 is 0 Å². The molecule has 11 atom stereocenters. The Morgan fingerprint density at radius 2 is 1.58 bits per heavy atom. The lowest BCUT2D eigenvalue weighted by Gasteiger charge is -2.66. The van der Waals surface area contributed by atoms with E-state index in [1.807, 2.05) is 0 Å². The van der Waals surface area contributed by atoms with Gasteiger partial charge in [-0.25, -0.2) is 0 Å². The fraction of sp³-hybridized carbons (Fsp3) is 1.00. The summed E-state index contributed by atoms with van der Waals surface area (Å²) in [5.74, 6) is 2.85. The minimum absolute atomic E-state index is 0.0575. The maximum atomic E-state index is 11.6. The summed E-state index contributed by atoms with van der Waals surface area (Å²) in [4.78, 5) is 0. The van der Waals surface area contributed by atoms with Crippen LogP contribution in [0.5, 0.6) is 0 Å². The molecule has 4 aliphatic carbocycles. The first-order valence-electron chi connectivity index (χ1n) is 13.2. The minimum atomic E-state index is -1.39. The SMILES string of the molecule is CC(C)CCC[C@@H](C)[C@H]1CC[C@H]2[C@@H]3[C@@H](O)[C@H](O)[C@@]4(O)C[C@@H](O)CC[C@]4(C)[C@H]3CC[C@]12C. The third-order valence-electron chi connectivity index (χ3n) is 11.1. The van der Waals surface area contributed by atoms with Crippen LogP contribution in [0.15, 0.2) is 0 Å². The van der Waals surface area contributed by atoms with Crippen molar-refractivity contribution in [3.63, 3.8) is 0 Å². The first-order valence-corrected chi connectivity index (χ1v) is 13.2. The van der Waals surface area contributed by atoms with Crippen LogP contribution in [0.1, 0.15) is 98.8 Å². The smallest absolute Gasteiger partial charge is 0.109 e. The molecular formula is C27H48O4. The summed E-state index contributed by atoms with van der Waals surface area (Å²) in [6.07, 6.45) is 7.39. The van der Waals surface area contributed by atoms with Crippen LogP contribution in [0.2, 0.25) is 0 Å². The zero-order chi connectivity index (χ0) is 22.8. The Balaban J connectivity index is 1.58. The van der Waals surface area contributed by atoms with Gasteiger partial charge in [-0.1, -0.05) is 53.9 Å². The van der Waals surface area contributed by atoms with Crippen molar-refractivity contribution in [3.05, 3.63) is 0 Å². The highest BCUT2D eigenvalue weighted by molar-refractivity contribution is 5.19. The molecule has 4 rings (SSSR count). The molecule has 31 heavy (non-hydrogen) atoms. The summed E-state index contributed by atoms with van der Waals surface area (Å²) < 4.78 is 0. The number of hydrogen-bond acceptors (Lipinski definition) is 4. The molecule has 4 N–H and O–H groups in total. The summed E-state index contributed by atoms with van der Waals surface area (Å²) >= 11 is 0. The maximum absolute atomic E-state index is 11.6. The van der Waals surface area contributed by atoms with E-state index in [0.717, 1.165) is 31.6 Å². The van der Waals surface area contributed by atoms with Crippen molar-refractivity contribution < 1.29 is 20.4 Å². The van der Waals surface area contributed by atoms with Gasteiger partial charge in [0.1, 0.15) is 11.7 Å². The molecule has 0 aromatic carbocycles. The fourth-order valence-corrected chi connectivity index (χ4v) is 9.27. The van der Waals surface area contributed by atoms with Gasteiger partial charge in [-0.15, -0.1) is 0 Å². The Kier molecular flexibility index (Phi) is 6.38. The van der Waals surface area contributed by atoms with Crippen LogP contribution in [0.25, 0.3) is 0 Å². The quantitative estimate of drug-likeness (QED) is 0.511. The van der Waals surface area contributed by atoms with Crippen LogP contribution in [0, 0.1) is 46.3 Å². The van der Waals surface area contributed by atoms with Gasteiger partial charge in [-0.05, 0) is 79.4 Å². The molecule has 0 aliphatic heterocycles. The Morgan fingerprint density at radius 1 is 0.871 bits per heavy atom. The van der Waals surface area contributed by atoms with Crippen molar-refractivity contribution in [2.45, 2.75) is 123 Å². The molecule has 4 fully saturated rings. The molecule has 0 unspecified atom stereocenters. The Bertz CT molecular complexity index is 651. The zero-order valence-electron chi connectivity index (χ0n) is 20.6. The van der Waals surface area contributed by atoms with E-state index in [4.69, 9.17) is 0 Å². The molecule has 4 aliphatic rings. The molecular weight excluding hydrogens is 388 g/mol. The molecule has 0 amide bonds. The monoisotopic (exact) mass is 436 g/mol. The van der Waals surface area contributed by atoms with Gasteiger partial charge >= 0.3 is 0 Å². The third kappa shape index (κ3) is 3.54. The van der Waals surface area contributed by atoms with Crippen molar-refractivity contribution >= 4 is 0 Å². The van der Waals surface area contributed by atoms with Gasteiger partial charge < -0.3 is 20.4 Å². The summed E-state index contributed by atoms with van der Waals surface area (Å²) in [7, 11) is 0. The van der Waals surface area contributed by atoms with Crippen LogP contribution in [0.4, 0.5) is 0 Å². The first kappa shape index (κ1) is 24.0. The van der Waals surface area contributed by atoms with E-state index in [9.17, 15) is 20.4 Å². The molecule has 0 aromatic heterocycles. The Hall–Kier alpha value is -0.160. The summed E-state index contributed by atoms with van der Waals surface area (Å²) in [5, 5.41) is 44.4. The normalized spacial score (nSPS) is 53.0. The highest BCUT2D eigenvalue weighted by Gasteiger charge is 2.70. The lowest BCUT2D eigenvalue weighted by molar-refractivity contribution is -0.297. The zero-order valence-corrected chi connectivity index (χ0v) is 20.6. The van der Waals surface area contributed by atoms with E-state index in [1.54, 1.807) is 0 Å². The molecule has 4 saturated carbocycles. The second-order valence-corrected chi connectivity index (χ2v) is 13.0. The third-order valence-corrected chi connectivity index (χ3v) is 11.1. The standard InChI is InChI=1S/C27H48O4/c1-16(2)7-6-8-17(3)19-9-10-20-22-21(12-13-25(19,20)4)26(5)14-11-18(28)15-27(26,31)24(30)23(22)29/h16-24,28-31H,6-15H2,1-5H3/t17-,18+,19-,20+,21+,22+,23-,24+,25-,26-,27+/m1/s1. The van der Waals surface area contributed by atoms with Crippen LogP contribution in [-0.4, -0.2) is 44.3 Å². The van der Waals surface area contributed by atoms with Crippen molar-refractivity contribution in [3.8, 4) is 0 Å². The van der Waals surface area contributed by atoms with Gasteiger partial charge in [0.05, 0.1) is 12.2 Å². The molecule has 0 aromatic rings. The largest absolute Gasteiger partial charge is 0.393 e. The van der Waals surface area contributed by atoms with E-state index in [0.29, 0.717) is 24.2 Å². The maximum Gasteiger partial charge on any atom is 0.109 e. The van der Waals surface area contributed by atoms with Crippen molar-refractivity contribution in [2.75, 3.05) is 0 Å². The Labute approximate surface area is 189 Å². The summed E-state index contributed by atoms with van der Waals surface area (Å²) in [5.41, 5.74) is -1.60. The van der Waals surface area contributed by atoms with Gasteiger partial charge in [0.25, 0.3) is 0 Å². The highest BCUT2D eigenvalue weighted by Crippen LogP contribution is 2.69. The molecule has 4 heteroatoms. The van der Waals surface area contributed by atoms with Crippen LogP contribution in [-0.2, 0) is 0 Å². The van der Waals surface area contributed by atoms with Crippen LogP contribution >= 0.6 is 0 Å². The average molecular weight is 437 g/mol. The van der Waals surface area contributed by atoms with Crippen molar-refractivity contribution in [1.82, 2.24) is 0 Å². The predicted molar refractivity (Wildman–Crippen MR) is 123 cm³/mol. The molecule has 180 valence electrons. The van der Waals surface area contributed by atoms with Gasteiger partial charge in [-0.3, -0.25) is 0 Å². The van der Waals surface area contributed by atoms with E-state index < -0.39 is 29.3 Å². The fourth-order valence-electron chi connectivity index (χ4n) is 9.27. The second kappa shape index (κ2) is 8.25. The highest BCUT2D eigenvalue weighted by atomic mass is 16.4. The van der Waals surface area contributed by atoms with Gasteiger partial charge in [0.15, 0.2) is 0 Å². The molecule has 0 radical (unpaired) electrons. The molecule has 0 spiro atoms. The van der Waals surface area contributed by atoms with Crippen molar-refractivity contribution in [1.29, 1.82) is 0 Å². The van der Waals surface area contributed by atoms with E-state index >= 15 is 0 Å². The number of fused-ring (bicyclic) bond motifs is 5. The molecule has 4 nitrogen and oxygen atoms in total. The van der Waals surface area contributed by atoms with E-state index in [2.05, 4.69) is 34.6 Å². The van der Waals surface area contributed by atoms with Gasteiger partial charge in [0.2, 0.25) is 0 Å². The molecule has 0 heterocycles. The summed E-state index contributed by atoms with van der Waals surface area (Å²) in [6, 6.07) is 0. The number of aliphatic hydroxyl groups excluding tert-OH is 3. The number of aliphatic hydroxyl groups is 4. The molecule has 0 saturated heterocycles. The lowest BCUT2D eigenvalue weighted by atomic mass is 9.41. The lowest BCUT2D eigenvalue weighted by Crippen LogP contribution is -2.73. The minimum Gasteiger partial charge on any atom is -0.393 e. The van der Waals surface area contributed by atoms with Gasteiger partial charge in [0, 0.05) is 11.8 Å². The number of rotatable bonds is 5. The van der Waals surface area contributed by atoms with Gasteiger partial charge in [-0.2, -0.15) is 0 Å². The van der Waals surface area contributed by atoms with E-state index in [1.165, 1.54) is 25.7 Å². The Morgan fingerprint density at radius 3 is 2.26 bits per heavy atom.